The molecule has 0 fully saturated rings. The van der Waals surface area contributed by atoms with Crippen LogP contribution in [0.1, 0.15) is 250 Å². The maximum atomic E-state index is 11.7. The Morgan fingerprint density at radius 3 is 0.514 bits per heavy atom. The van der Waals surface area contributed by atoms with Crippen LogP contribution >= 0.6 is 0 Å². The van der Waals surface area contributed by atoms with Crippen molar-refractivity contribution < 1.29 is 29.7 Å². The van der Waals surface area contributed by atoms with Crippen molar-refractivity contribution >= 4 is 179 Å². The Balaban J connectivity index is 0.853. The summed E-state index contributed by atoms with van der Waals surface area (Å²) in [4.78, 5) is 35.1. The zero-order valence-electron chi connectivity index (χ0n) is 82.5. The number of hydrogen-bond acceptors (Lipinski definition) is 3. The third-order valence-corrected chi connectivity index (χ3v) is 33.0. The van der Waals surface area contributed by atoms with Gasteiger partial charge in [0.2, 0.25) is 0 Å². The minimum atomic E-state index is -0.730. The average Bonchev–Trinajstić information content (AvgIpc) is 0.629. The molecular weight excluding hydrogens is 1680 g/mol. The Bertz CT molecular complexity index is 7320. The van der Waals surface area contributed by atoms with E-state index >= 15 is 0 Å². The Morgan fingerprint density at radius 2 is 0.341 bits per heavy atom. The molecule has 0 saturated heterocycles. The highest BCUT2D eigenvalue weighted by atomic mass is 16.4. The molecule has 0 aliphatic rings. The molecule has 22 aromatic rings. The van der Waals surface area contributed by atoms with E-state index in [2.05, 4.69) is 281 Å². The van der Waals surface area contributed by atoms with Crippen LogP contribution in [0.25, 0.3) is 228 Å². The minimum Gasteiger partial charge on any atom is -0.481 e. The van der Waals surface area contributed by atoms with Crippen LogP contribution in [0.4, 0.5) is 0 Å². The van der Waals surface area contributed by atoms with Gasteiger partial charge in [0.1, 0.15) is 0 Å². The Hall–Kier alpha value is -12.5. The fourth-order valence-corrected chi connectivity index (χ4v) is 25.9. The van der Waals surface area contributed by atoms with Crippen molar-refractivity contribution in [2.45, 2.75) is 255 Å². The molecule has 696 valence electrons. The van der Waals surface area contributed by atoms with Crippen LogP contribution in [0.5, 0.6) is 0 Å². The van der Waals surface area contributed by atoms with Crippen molar-refractivity contribution in [3.63, 3.8) is 0 Å². The molecule has 6 heteroatoms. The fourth-order valence-electron chi connectivity index (χ4n) is 25.9. The molecule has 0 radical (unpaired) electrons. The van der Waals surface area contributed by atoms with E-state index in [1.165, 1.54) is 320 Å². The zero-order chi connectivity index (χ0) is 94.6. The molecule has 0 heterocycles. The van der Waals surface area contributed by atoms with Crippen LogP contribution < -0.4 is 0 Å². The lowest BCUT2D eigenvalue weighted by Gasteiger charge is -2.33. The molecule has 3 unspecified atom stereocenters. The van der Waals surface area contributed by atoms with Gasteiger partial charge < -0.3 is 15.3 Å². The first-order valence-electron chi connectivity index (χ1n) is 53.0. The topological polar surface area (TPSA) is 112 Å². The van der Waals surface area contributed by atoms with Crippen LogP contribution in [0.2, 0.25) is 0 Å². The predicted octanol–water partition coefficient (Wildman–Crippen LogP) is 37.7. The smallest absolute Gasteiger partial charge is 0.303 e. The number of benzene rings is 22. The van der Waals surface area contributed by atoms with Gasteiger partial charge in [0.05, 0.1) is 0 Å². The standard InChI is InChI=1S/C132H132O6/c1-76(2)22-19-25-79(7)34-37-85-46-58-91(59-47-85)112-103-73-67-97-95-65-71-101-110(89-54-42-83(43-55-89)29-14-11-17-32-107(135)136)114(93-62-50-87(51-63-93)39-36-81(9)27-21-24-78(5)6)105-75-69-99-96-66-72-102-111(90-56-44-84(45-57-90)30-15-12-18-33-108(137)138)113(92-60-48-86(49-61-92)38-35-80(8)26-20-23-77(3)4)104-74-68-98-94-64-70-100(109(112)88-52-40-82(41-53-88)28-13-10-16-31-106(133)134)121-115(94)127-130(118(97)124(103)121)128-116(95)122(101)126(105)120(99)132(128)129-117(96)123(102)125(104)119(98)131(127)129/h40-81H,10-39H2,1-9H3,(H,133,134)(H,135,136)(H,137,138). The highest BCUT2D eigenvalue weighted by Crippen LogP contribution is 2.66. The SMILES string of the molecule is CC(C)CCCC(C)CCc1ccc(-c2c(-c3ccc(CCCCCC(=O)O)cc3)c3ccc4c5ccc6c(-c7ccc(CCC(C)CCCC(C)C)cc7)c(-c7ccc(CCCCCC(=O)O)cc7)c7ccc8c9ccc%10c(-c%11ccc(CCC(C)CCCC(C)C)cc%11)c(-c%11ccc(CCCCCC(=O)O)cc%11)c%11ccc%12c%13ccc2c2c3c4c3c(c%132)c2c%12c%11c%10c9c2c2c8c7c6c5c32)cc1. The number of aliphatic carboxylic acids is 3. The summed E-state index contributed by atoms with van der Waals surface area (Å²) in [6, 6.07) is 88.6. The van der Waals surface area contributed by atoms with Crippen molar-refractivity contribution in [2.75, 3.05) is 0 Å². The van der Waals surface area contributed by atoms with Gasteiger partial charge in [-0.2, -0.15) is 0 Å². The van der Waals surface area contributed by atoms with Crippen molar-refractivity contribution in [1.82, 2.24) is 0 Å². The molecule has 6 nitrogen and oxygen atoms in total. The van der Waals surface area contributed by atoms with E-state index in [0.717, 1.165) is 96.3 Å². The van der Waals surface area contributed by atoms with Gasteiger partial charge in [0.15, 0.2) is 0 Å². The number of fused-ring (bicyclic) bond motifs is 3. The lowest BCUT2D eigenvalue weighted by molar-refractivity contribution is -0.138. The molecule has 0 amide bonds. The lowest BCUT2D eigenvalue weighted by Crippen LogP contribution is -2.04. The highest BCUT2D eigenvalue weighted by molar-refractivity contribution is 6.65. The Labute approximate surface area is 812 Å². The van der Waals surface area contributed by atoms with Gasteiger partial charge in [-0.15, -0.1) is 0 Å². The largest absolute Gasteiger partial charge is 0.481 e. The molecule has 0 aliphatic carbocycles. The van der Waals surface area contributed by atoms with Crippen LogP contribution in [-0.2, 0) is 52.9 Å². The maximum Gasteiger partial charge on any atom is 0.303 e. The summed E-state index contributed by atoms with van der Waals surface area (Å²) in [6.45, 7) is 21.5. The minimum absolute atomic E-state index is 0.197. The van der Waals surface area contributed by atoms with E-state index in [1.54, 1.807) is 0 Å². The predicted molar refractivity (Wildman–Crippen MR) is 590 cm³/mol. The van der Waals surface area contributed by atoms with Gasteiger partial charge in [-0.3, -0.25) is 14.4 Å². The Morgan fingerprint density at radius 1 is 0.174 bits per heavy atom. The van der Waals surface area contributed by atoms with Gasteiger partial charge in [0.25, 0.3) is 0 Å². The van der Waals surface area contributed by atoms with Crippen molar-refractivity contribution in [3.8, 4) is 66.8 Å². The molecule has 0 bridgehead atoms. The van der Waals surface area contributed by atoms with Crippen LogP contribution in [0.15, 0.2) is 218 Å². The van der Waals surface area contributed by atoms with Gasteiger partial charge in [-0.1, -0.05) is 358 Å². The fraction of sp³-hybridized carbons (Fsp3) is 0.341. The number of carboxylic acids is 3. The van der Waals surface area contributed by atoms with E-state index in [4.69, 9.17) is 0 Å². The molecule has 3 N–H and O–H groups in total. The molecule has 22 rings (SSSR count). The van der Waals surface area contributed by atoms with Crippen molar-refractivity contribution in [2.24, 2.45) is 35.5 Å². The first-order chi connectivity index (χ1) is 67.2. The molecule has 3 atom stereocenters. The second-order valence-corrected chi connectivity index (χ2v) is 43.9. The molecule has 0 aliphatic heterocycles. The van der Waals surface area contributed by atoms with Crippen LogP contribution in [0, 0.1) is 35.5 Å². The number of carboxylic acid groups (broad SMARTS) is 3. The van der Waals surface area contributed by atoms with E-state index in [1.807, 2.05) is 0 Å². The monoisotopic (exact) mass is 1810 g/mol. The van der Waals surface area contributed by atoms with E-state index in [-0.39, 0.29) is 19.3 Å². The third-order valence-electron chi connectivity index (χ3n) is 33.0. The summed E-state index contributed by atoms with van der Waals surface area (Å²) in [7, 11) is 0. The summed E-state index contributed by atoms with van der Waals surface area (Å²) in [5, 5.41) is 68.4. The normalized spacial score (nSPS) is 13.4. The lowest BCUT2D eigenvalue weighted by atomic mass is 9.69. The summed E-state index contributed by atoms with van der Waals surface area (Å²) in [5.41, 5.74) is 22.7. The van der Waals surface area contributed by atoms with Gasteiger partial charge in [-0.25, -0.2) is 0 Å². The molecule has 138 heavy (non-hydrogen) atoms. The van der Waals surface area contributed by atoms with E-state index in [0.29, 0.717) is 54.8 Å². The molecule has 0 spiro atoms. The number of hydrogen-bond donors (Lipinski definition) is 3. The second-order valence-electron chi connectivity index (χ2n) is 43.9. The number of aryl methyl sites for hydroxylation is 6. The first-order valence-corrected chi connectivity index (χ1v) is 53.0. The van der Waals surface area contributed by atoms with Crippen molar-refractivity contribution in [1.29, 1.82) is 0 Å². The molecule has 0 aromatic heterocycles. The zero-order valence-corrected chi connectivity index (χ0v) is 82.5. The maximum absolute atomic E-state index is 11.7. The molecule has 0 saturated carbocycles. The third kappa shape index (κ3) is 16.2. The quantitative estimate of drug-likeness (QED) is 0.0199. The van der Waals surface area contributed by atoms with E-state index < -0.39 is 17.9 Å². The summed E-state index contributed by atoms with van der Waals surface area (Å²) in [6.07, 6.45) is 28.7. The van der Waals surface area contributed by atoms with Crippen LogP contribution in [0.3, 0.4) is 0 Å². The summed E-state index contributed by atoms with van der Waals surface area (Å²) < 4.78 is 0. The highest BCUT2D eigenvalue weighted by Gasteiger charge is 2.38. The second kappa shape index (κ2) is 37.7. The van der Waals surface area contributed by atoms with E-state index in [9.17, 15) is 29.7 Å². The Kier molecular flexibility index (Phi) is 24.7. The number of rotatable bonds is 45. The average molecular weight is 1810 g/mol. The number of carbonyl (C=O) groups is 3. The first kappa shape index (κ1) is 90.6. The summed E-state index contributed by atoms with van der Waals surface area (Å²) in [5.74, 6) is 1.89. The van der Waals surface area contributed by atoms with Gasteiger partial charge in [-0.05, 0) is 394 Å². The van der Waals surface area contributed by atoms with Gasteiger partial charge in [0, 0.05) is 19.3 Å². The van der Waals surface area contributed by atoms with Crippen LogP contribution in [-0.4, -0.2) is 33.2 Å². The number of unbranched alkanes of at least 4 members (excludes halogenated alkanes) is 6. The summed E-state index contributed by atoms with van der Waals surface area (Å²) >= 11 is 0. The van der Waals surface area contributed by atoms with Crippen molar-refractivity contribution in [3.05, 3.63) is 252 Å². The molecular formula is C132H132O6. The van der Waals surface area contributed by atoms with Gasteiger partial charge >= 0.3 is 17.9 Å². The molecule has 22 aromatic carbocycles.